The van der Waals surface area contributed by atoms with Gasteiger partial charge < -0.3 is 19.7 Å². The SMILES string of the molecule is COc1ccc(C(=O)Nc2ccc3c(c2)CCC(=O)N3C)c(OC)c1. The molecule has 0 atom stereocenters. The van der Waals surface area contributed by atoms with Crippen molar-refractivity contribution in [1.29, 1.82) is 0 Å². The first-order chi connectivity index (χ1) is 12.0. The van der Waals surface area contributed by atoms with Crippen LogP contribution in [0.15, 0.2) is 36.4 Å². The normalized spacial score (nSPS) is 13.2. The maximum atomic E-state index is 12.6. The first-order valence-corrected chi connectivity index (χ1v) is 7.96. The Kier molecular flexibility index (Phi) is 4.61. The van der Waals surface area contributed by atoms with Crippen molar-refractivity contribution in [2.24, 2.45) is 0 Å². The van der Waals surface area contributed by atoms with E-state index in [0.29, 0.717) is 35.6 Å². The molecule has 3 rings (SSSR count). The molecule has 0 aliphatic carbocycles. The smallest absolute Gasteiger partial charge is 0.259 e. The van der Waals surface area contributed by atoms with Gasteiger partial charge in [0.1, 0.15) is 11.5 Å². The molecule has 2 aromatic rings. The molecule has 6 heteroatoms. The summed E-state index contributed by atoms with van der Waals surface area (Å²) in [5.74, 6) is 0.905. The molecule has 0 unspecified atom stereocenters. The third-order valence-corrected chi connectivity index (χ3v) is 4.33. The van der Waals surface area contributed by atoms with Gasteiger partial charge in [-0.3, -0.25) is 9.59 Å². The molecule has 6 nitrogen and oxygen atoms in total. The van der Waals surface area contributed by atoms with Gasteiger partial charge in [0.05, 0.1) is 19.8 Å². The van der Waals surface area contributed by atoms with Gasteiger partial charge in [-0.1, -0.05) is 0 Å². The van der Waals surface area contributed by atoms with Crippen molar-refractivity contribution < 1.29 is 19.1 Å². The van der Waals surface area contributed by atoms with Gasteiger partial charge in [0.2, 0.25) is 5.91 Å². The summed E-state index contributed by atoms with van der Waals surface area (Å²) in [6, 6.07) is 10.6. The number of benzene rings is 2. The Balaban J connectivity index is 1.83. The molecular weight excluding hydrogens is 320 g/mol. The summed E-state index contributed by atoms with van der Waals surface area (Å²) in [6.07, 6.45) is 1.15. The number of amides is 2. The Morgan fingerprint density at radius 1 is 1.08 bits per heavy atom. The number of hydrogen-bond donors (Lipinski definition) is 1. The van der Waals surface area contributed by atoms with Crippen molar-refractivity contribution in [1.82, 2.24) is 0 Å². The van der Waals surface area contributed by atoms with Crippen LogP contribution in [-0.4, -0.2) is 33.1 Å². The molecule has 2 aromatic carbocycles. The first-order valence-electron chi connectivity index (χ1n) is 7.96. The number of methoxy groups -OCH3 is 2. The molecule has 0 saturated carbocycles. The van der Waals surface area contributed by atoms with E-state index in [-0.39, 0.29) is 11.8 Å². The Labute approximate surface area is 146 Å². The topological polar surface area (TPSA) is 67.9 Å². The summed E-state index contributed by atoms with van der Waals surface area (Å²) < 4.78 is 10.4. The zero-order valence-corrected chi connectivity index (χ0v) is 14.5. The standard InChI is InChI=1S/C19H20N2O4/c1-21-16-8-5-13(10-12(16)4-9-18(21)22)20-19(23)15-7-6-14(24-2)11-17(15)25-3/h5-8,10-11H,4,9H2,1-3H3,(H,20,23). The Bertz CT molecular complexity index is 832. The van der Waals surface area contributed by atoms with Gasteiger partial charge in [-0.05, 0) is 42.3 Å². The van der Waals surface area contributed by atoms with Crippen molar-refractivity contribution in [3.05, 3.63) is 47.5 Å². The van der Waals surface area contributed by atoms with Crippen LogP contribution in [0.1, 0.15) is 22.3 Å². The molecule has 0 radical (unpaired) electrons. The predicted molar refractivity (Wildman–Crippen MR) is 95.7 cm³/mol. The van der Waals surface area contributed by atoms with Crippen LogP contribution in [0.5, 0.6) is 11.5 Å². The molecule has 130 valence electrons. The van der Waals surface area contributed by atoms with Gasteiger partial charge in [0.25, 0.3) is 5.91 Å². The van der Waals surface area contributed by atoms with E-state index in [1.54, 1.807) is 43.3 Å². The number of anilines is 2. The summed E-state index contributed by atoms with van der Waals surface area (Å²) in [7, 11) is 4.83. The van der Waals surface area contributed by atoms with Crippen molar-refractivity contribution in [2.45, 2.75) is 12.8 Å². The van der Waals surface area contributed by atoms with Gasteiger partial charge in [-0.25, -0.2) is 0 Å². The molecule has 0 bridgehead atoms. The quantitative estimate of drug-likeness (QED) is 0.929. The second kappa shape index (κ2) is 6.84. The number of rotatable bonds is 4. The average molecular weight is 340 g/mol. The van der Waals surface area contributed by atoms with Crippen molar-refractivity contribution in [2.75, 3.05) is 31.5 Å². The summed E-state index contributed by atoms with van der Waals surface area (Å²) in [4.78, 5) is 26.0. The Morgan fingerprint density at radius 2 is 1.88 bits per heavy atom. The number of aryl methyl sites for hydroxylation is 1. The molecular formula is C19H20N2O4. The fourth-order valence-electron chi connectivity index (χ4n) is 2.92. The number of hydrogen-bond acceptors (Lipinski definition) is 4. The lowest BCUT2D eigenvalue weighted by Gasteiger charge is -2.26. The highest BCUT2D eigenvalue weighted by Crippen LogP contribution is 2.30. The molecule has 1 heterocycles. The zero-order valence-electron chi connectivity index (χ0n) is 14.5. The maximum absolute atomic E-state index is 12.6. The second-order valence-electron chi connectivity index (χ2n) is 5.82. The molecule has 25 heavy (non-hydrogen) atoms. The van der Waals surface area contributed by atoms with Crippen LogP contribution in [-0.2, 0) is 11.2 Å². The largest absolute Gasteiger partial charge is 0.497 e. The molecule has 0 aromatic heterocycles. The Morgan fingerprint density at radius 3 is 2.60 bits per heavy atom. The van der Waals surface area contributed by atoms with Crippen LogP contribution in [0, 0.1) is 0 Å². The molecule has 2 amide bonds. The summed E-state index contributed by atoms with van der Waals surface area (Å²) in [6.45, 7) is 0. The molecule has 0 saturated heterocycles. The highest BCUT2D eigenvalue weighted by Gasteiger charge is 2.21. The summed E-state index contributed by atoms with van der Waals surface area (Å²) in [5, 5.41) is 2.88. The predicted octanol–water partition coefficient (Wildman–Crippen LogP) is 2.87. The number of nitrogens with one attached hydrogen (secondary N) is 1. The van der Waals surface area contributed by atoms with Crippen LogP contribution in [0.25, 0.3) is 0 Å². The van der Waals surface area contributed by atoms with E-state index in [2.05, 4.69) is 5.32 Å². The van der Waals surface area contributed by atoms with E-state index < -0.39 is 0 Å². The lowest BCUT2D eigenvalue weighted by molar-refractivity contribution is -0.118. The third kappa shape index (κ3) is 3.28. The highest BCUT2D eigenvalue weighted by molar-refractivity contribution is 6.06. The highest BCUT2D eigenvalue weighted by atomic mass is 16.5. The van der Waals surface area contributed by atoms with E-state index in [1.807, 2.05) is 12.1 Å². The molecule has 1 aliphatic heterocycles. The van der Waals surface area contributed by atoms with E-state index >= 15 is 0 Å². The number of ether oxygens (including phenoxy) is 2. The van der Waals surface area contributed by atoms with Crippen LogP contribution >= 0.6 is 0 Å². The Hall–Kier alpha value is -3.02. The van der Waals surface area contributed by atoms with E-state index in [9.17, 15) is 9.59 Å². The fourth-order valence-corrected chi connectivity index (χ4v) is 2.92. The van der Waals surface area contributed by atoms with Crippen molar-refractivity contribution in [3.63, 3.8) is 0 Å². The first kappa shape index (κ1) is 16.8. The fraction of sp³-hybridized carbons (Fsp3) is 0.263. The van der Waals surface area contributed by atoms with E-state index in [0.717, 1.165) is 11.3 Å². The van der Waals surface area contributed by atoms with Gasteiger partial charge in [0.15, 0.2) is 0 Å². The average Bonchev–Trinajstić information content (AvgIpc) is 2.64. The minimum atomic E-state index is -0.264. The van der Waals surface area contributed by atoms with Crippen LogP contribution in [0.2, 0.25) is 0 Å². The zero-order chi connectivity index (χ0) is 18.0. The monoisotopic (exact) mass is 340 g/mol. The van der Waals surface area contributed by atoms with Crippen LogP contribution in [0.3, 0.4) is 0 Å². The summed E-state index contributed by atoms with van der Waals surface area (Å²) >= 11 is 0. The van der Waals surface area contributed by atoms with Gasteiger partial charge in [-0.15, -0.1) is 0 Å². The van der Waals surface area contributed by atoms with Gasteiger partial charge >= 0.3 is 0 Å². The minimum absolute atomic E-state index is 0.104. The van der Waals surface area contributed by atoms with E-state index in [1.165, 1.54) is 7.11 Å². The van der Waals surface area contributed by atoms with Crippen LogP contribution < -0.4 is 19.7 Å². The molecule has 0 spiro atoms. The summed E-state index contributed by atoms with van der Waals surface area (Å²) in [5.41, 5.74) is 3.04. The minimum Gasteiger partial charge on any atom is -0.497 e. The van der Waals surface area contributed by atoms with E-state index in [4.69, 9.17) is 9.47 Å². The third-order valence-electron chi connectivity index (χ3n) is 4.33. The lowest BCUT2D eigenvalue weighted by Crippen LogP contribution is -2.31. The number of carbonyl (C=O) groups is 2. The van der Waals surface area contributed by atoms with Crippen molar-refractivity contribution in [3.8, 4) is 11.5 Å². The van der Waals surface area contributed by atoms with Gasteiger partial charge in [-0.2, -0.15) is 0 Å². The molecule has 1 aliphatic rings. The van der Waals surface area contributed by atoms with Crippen molar-refractivity contribution >= 4 is 23.2 Å². The lowest BCUT2D eigenvalue weighted by atomic mass is 10.0. The van der Waals surface area contributed by atoms with Crippen LogP contribution in [0.4, 0.5) is 11.4 Å². The maximum Gasteiger partial charge on any atom is 0.259 e. The number of nitrogens with zero attached hydrogens (tertiary/aromatic N) is 1. The second-order valence-corrected chi connectivity index (χ2v) is 5.82. The number of fused-ring (bicyclic) bond motifs is 1. The molecule has 1 N–H and O–H groups in total. The number of carbonyl (C=O) groups excluding carboxylic acids is 2. The molecule has 0 fully saturated rings. The van der Waals surface area contributed by atoms with Gasteiger partial charge in [0, 0.05) is 30.9 Å².